The van der Waals surface area contributed by atoms with Gasteiger partial charge in [-0.15, -0.1) is 0 Å². The first-order chi connectivity index (χ1) is 9.06. The summed E-state index contributed by atoms with van der Waals surface area (Å²) in [4.78, 5) is 33.4. The van der Waals surface area contributed by atoms with Crippen molar-refractivity contribution in [3.63, 3.8) is 0 Å². The van der Waals surface area contributed by atoms with E-state index in [0.717, 1.165) is 0 Å². The minimum atomic E-state index is -1.11. The maximum atomic E-state index is 11.7. The summed E-state index contributed by atoms with van der Waals surface area (Å²) in [5.74, 6) is -1.81. The standard InChI is InChI=1S/C13H25N3O4/c1-8(10(17)18)6-5-7-9(2)15-12(20)16-13(3,4)11(14)19/h8-9H,5-7H2,1-4H3,(H2,14,19)(H,17,18)(H2,15,16,20). The van der Waals surface area contributed by atoms with E-state index in [4.69, 9.17) is 10.8 Å². The Hall–Kier alpha value is -1.79. The van der Waals surface area contributed by atoms with Gasteiger partial charge >= 0.3 is 12.0 Å². The topological polar surface area (TPSA) is 122 Å². The molecule has 116 valence electrons. The molecule has 7 nitrogen and oxygen atoms in total. The van der Waals surface area contributed by atoms with Crippen LogP contribution in [0.2, 0.25) is 0 Å². The van der Waals surface area contributed by atoms with Gasteiger partial charge in [-0.3, -0.25) is 9.59 Å². The zero-order valence-electron chi connectivity index (χ0n) is 12.5. The van der Waals surface area contributed by atoms with Gasteiger partial charge in [-0.25, -0.2) is 4.79 Å². The number of urea groups is 1. The molecule has 0 aromatic rings. The molecule has 0 aliphatic heterocycles. The second-order valence-electron chi connectivity index (χ2n) is 5.66. The van der Waals surface area contributed by atoms with E-state index >= 15 is 0 Å². The molecule has 0 radical (unpaired) electrons. The van der Waals surface area contributed by atoms with Crippen LogP contribution < -0.4 is 16.4 Å². The van der Waals surface area contributed by atoms with Crippen molar-refractivity contribution in [2.75, 3.05) is 0 Å². The van der Waals surface area contributed by atoms with Gasteiger partial charge in [0.1, 0.15) is 5.54 Å². The van der Waals surface area contributed by atoms with Gasteiger partial charge in [-0.05, 0) is 33.6 Å². The Morgan fingerprint density at radius 3 is 2.20 bits per heavy atom. The summed E-state index contributed by atoms with van der Waals surface area (Å²) in [6, 6.07) is -0.577. The van der Waals surface area contributed by atoms with E-state index in [1.165, 1.54) is 13.8 Å². The van der Waals surface area contributed by atoms with Crippen LogP contribution in [0.1, 0.15) is 47.0 Å². The van der Waals surface area contributed by atoms with Gasteiger partial charge in [0.2, 0.25) is 5.91 Å². The highest BCUT2D eigenvalue weighted by Crippen LogP contribution is 2.09. The molecule has 3 amide bonds. The maximum absolute atomic E-state index is 11.7. The fraction of sp³-hybridized carbons (Fsp3) is 0.769. The number of carboxylic acid groups (broad SMARTS) is 1. The minimum Gasteiger partial charge on any atom is -0.481 e. The number of primary amides is 1. The van der Waals surface area contributed by atoms with Gasteiger partial charge in [0.05, 0.1) is 5.92 Å². The molecule has 20 heavy (non-hydrogen) atoms. The highest BCUT2D eigenvalue weighted by molar-refractivity contribution is 5.89. The second kappa shape index (κ2) is 7.72. The summed E-state index contributed by atoms with van der Waals surface area (Å²) in [5.41, 5.74) is 4.04. The second-order valence-corrected chi connectivity index (χ2v) is 5.66. The van der Waals surface area contributed by atoms with Crippen LogP contribution in [0.4, 0.5) is 4.79 Å². The number of carbonyl (C=O) groups is 3. The van der Waals surface area contributed by atoms with Gasteiger partial charge in [-0.2, -0.15) is 0 Å². The van der Waals surface area contributed by atoms with Gasteiger partial charge in [-0.1, -0.05) is 13.3 Å². The van der Waals surface area contributed by atoms with Gasteiger partial charge in [0.25, 0.3) is 0 Å². The molecule has 5 N–H and O–H groups in total. The molecule has 0 bridgehead atoms. The highest BCUT2D eigenvalue weighted by atomic mass is 16.4. The smallest absolute Gasteiger partial charge is 0.315 e. The van der Waals surface area contributed by atoms with E-state index in [2.05, 4.69) is 10.6 Å². The SMILES string of the molecule is CC(CCCC(C)C(=O)O)NC(=O)NC(C)(C)C(N)=O. The summed E-state index contributed by atoms with van der Waals surface area (Å²) < 4.78 is 0. The summed E-state index contributed by atoms with van der Waals surface area (Å²) in [5, 5.41) is 13.9. The highest BCUT2D eigenvalue weighted by Gasteiger charge is 2.27. The van der Waals surface area contributed by atoms with E-state index < -0.39 is 23.4 Å². The largest absolute Gasteiger partial charge is 0.481 e. The molecule has 0 saturated carbocycles. The van der Waals surface area contributed by atoms with E-state index in [9.17, 15) is 14.4 Å². The van der Waals surface area contributed by atoms with Gasteiger partial charge < -0.3 is 21.5 Å². The number of carboxylic acids is 1. The molecular weight excluding hydrogens is 262 g/mol. The third-order valence-corrected chi connectivity index (χ3v) is 3.12. The lowest BCUT2D eigenvalue weighted by atomic mass is 10.0. The van der Waals surface area contributed by atoms with Gasteiger partial charge in [0.15, 0.2) is 0 Å². The van der Waals surface area contributed by atoms with Crippen molar-refractivity contribution in [3.05, 3.63) is 0 Å². The summed E-state index contributed by atoms with van der Waals surface area (Å²) in [6.45, 7) is 6.52. The lowest BCUT2D eigenvalue weighted by molar-refractivity contribution is -0.141. The summed E-state index contributed by atoms with van der Waals surface area (Å²) >= 11 is 0. The van der Waals surface area contributed by atoms with Crippen LogP contribution in [-0.4, -0.2) is 34.6 Å². The molecule has 0 saturated heterocycles. The normalized spacial score (nSPS) is 14.2. The van der Waals surface area contributed by atoms with Crippen LogP contribution in [0.3, 0.4) is 0 Å². The van der Waals surface area contributed by atoms with Crippen LogP contribution in [0.25, 0.3) is 0 Å². The number of carbonyl (C=O) groups excluding carboxylic acids is 2. The first kappa shape index (κ1) is 18.2. The predicted molar refractivity (Wildman–Crippen MR) is 75.1 cm³/mol. The lowest BCUT2D eigenvalue weighted by Crippen LogP contribution is -2.56. The Bertz CT molecular complexity index is 369. The van der Waals surface area contributed by atoms with Crippen LogP contribution >= 0.6 is 0 Å². The summed E-state index contributed by atoms with van der Waals surface area (Å²) in [6.07, 6.45) is 1.94. The van der Waals surface area contributed by atoms with Crippen molar-refractivity contribution in [2.45, 2.75) is 58.5 Å². The Labute approximate surface area is 119 Å². The van der Waals surface area contributed by atoms with E-state index in [1.54, 1.807) is 6.92 Å². The van der Waals surface area contributed by atoms with Crippen molar-refractivity contribution in [3.8, 4) is 0 Å². The van der Waals surface area contributed by atoms with Crippen molar-refractivity contribution >= 4 is 17.9 Å². The Morgan fingerprint density at radius 1 is 1.20 bits per heavy atom. The molecule has 0 aromatic carbocycles. The summed E-state index contributed by atoms with van der Waals surface area (Å²) in [7, 11) is 0. The zero-order valence-corrected chi connectivity index (χ0v) is 12.5. The number of hydrogen-bond donors (Lipinski definition) is 4. The van der Waals surface area contributed by atoms with Crippen molar-refractivity contribution in [1.29, 1.82) is 0 Å². The predicted octanol–water partition coefficient (Wildman–Crippen LogP) is 0.829. The first-order valence-corrected chi connectivity index (χ1v) is 6.67. The van der Waals surface area contributed by atoms with Crippen LogP contribution in [0.5, 0.6) is 0 Å². The number of aliphatic carboxylic acids is 1. The van der Waals surface area contributed by atoms with E-state index in [1.807, 2.05) is 6.92 Å². The average molecular weight is 287 g/mol. The molecule has 2 unspecified atom stereocenters. The third kappa shape index (κ3) is 6.96. The number of hydrogen-bond acceptors (Lipinski definition) is 3. The number of amides is 3. The molecule has 0 heterocycles. The van der Waals surface area contributed by atoms with E-state index in [0.29, 0.717) is 19.3 Å². The lowest BCUT2D eigenvalue weighted by Gasteiger charge is -2.24. The van der Waals surface area contributed by atoms with Crippen LogP contribution in [-0.2, 0) is 9.59 Å². The molecule has 0 aliphatic rings. The number of nitrogens with two attached hydrogens (primary N) is 1. The van der Waals surface area contributed by atoms with Crippen molar-refractivity contribution in [2.24, 2.45) is 11.7 Å². The zero-order chi connectivity index (χ0) is 15.9. The fourth-order valence-electron chi connectivity index (χ4n) is 1.53. The maximum Gasteiger partial charge on any atom is 0.315 e. The molecular formula is C13H25N3O4. The first-order valence-electron chi connectivity index (χ1n) is 6.67. The van der Waals surface area contributed by atoms with Crippen LogP contribution in [0, 0.1) is 5.92 Å². The monoisotopic (exact) mass is 287 g/mol. The van der Waals surface area contributed by atoms with Crippen LogP contribution in [0.15, 0.2) is 0 Å². The van der Waals surface area contributed by atoms with Crippen molar-refractivity contribution in [1.82, 2.24) is 10.6 Å². The van der Waals surface area contributed by atoms with Crippen molar-refractivity contribution < 1.29 is 19.5 Å². The molecule has 0 spiro atoms. The third-order valence-electron chi connectivity index (χ3n) is 3.12. The Balaban J connectivity index is 4.03. The van der Waals surface area contributed by atoms with E-state index in [-0.39, 0.29) is 12.0 Å². The quantitative estimate of drug-likeness (QED) is 0.528. The molecule has 7 heteroatoms. The molecule has 2 atom stereocenters. The number of rotatable bonds is 8. The Kier molecular flexibility index (Phi) is 7.02. The molecule has 0 fully saturated rings. The molecule has 0 aliphatic carbocycles. The molecule has 0 rings (SSSR count). The average Bonchev–Trinajstić information content (AvgIpc) is 2.27. The Morgan fingerprint density at radius 2 is 1.75 bits per heavy atom. The van der Waals surface area contributed by atoms with Gasteiger partial charge in [0, 0.05) is 6.04 Å². The number of nitrogens with one attached hydrogen (secondary N) is 2. The fourth-order valence-corrected chi connectivity index (χ4v) is 1.53. The minimum absolute atomic E-state index is 0.111. The molecule has 0 aromatic heterocycles.